The Balaban J connectivity index is 1.65. The van der Waals surface area contributed by atoms with E-state index in [-0.39, 0.29) is 22.7 Å². The van der Waals surface area contributed by atoms with E-state index in [0.717, 1.165) is 17.8 Å². The SMILES string of the molecule is CN1CC(C)(C)c2[nH]c(-c3ccnc(NC(=O)C(CC(F)F)c4ccc(F)cc4)c3)c(Br)c2C1=O. The number of likely N-dealkylation sites (N-methyl/N-ethyl adjacent to an activating group) is 1. The maximum atomic E-state index is 13.3. The molecule has 184 valence electrons. The summed E-state index contributed by atoms with van der Waals surface area (Å²) in [5, 5.41) is 2.60. The van der Waals surface area contributed by atoms with Crippen LogP contribution in [-0.4, -0.2) is 46.7 Å². The quantitative estimate of drug-likeness (QED) is 0.413. The Bertz CT molecular complexity index is 1270. The van der Waals surface area contributed by atoms with Gasteiger partial charge in [0.25, 0.3) is 5.91 Å². The first-order valence-corrected chi connectivity index (χ1v) is 11.8. The highest BCUT2D eigenvalue weighted by molar-refractivity contribution is 9.10. The predicted molar refractivity (Wildman–Crippen MR) is 130 cm³/mol. The number of benzene rings is 1. The van der Waals surface area contributed by atoms with Crippen molar-refractivity contribution in [2.75, 3.05) is 18.9 Å². The zero-order chi connectivity index (χ0) is 25.5. The van der Waals surface area contributed by atoms with E-state index in [0.29, 0.717) is 27.8 Å². The number of H-pyrrole nitrogens is 1. The number of nitrogens with zero attached hydrogens (tertiary/aromatic N) is 2. The standard InChI is InChI=1S/C25H24BrF3N4O2/c1-25(2)12-33(3)24(35)19-20(26)21(32-22(19)25)14-8-9-30-18(10-14)31-23(34)16(11-17(28)29)13-4-6-15(27)7-5-13/h4-10,16-17,32H,11-12H2,1-3H3,(H,30,31,34). The molecule has 10 heteroatoms. The fourth-order valence-corrected chi connectivity index (χ4v) is 5.15. The highest BCUT2D eigenvalue weighted by Crippen LogP contribution is 2.41. The number of hydrogen-bond acceptors (Lipinski definition) is 3. The number of carbonyl (C=O) groups excluding carboxylic acids is 2. The predicted octanol–water partition coefficient (Wildman–Crippen LogP) is 5.72. The molecule has 35 heavy (non-hydrogen) atoms. The third-order valence-electron chi connectivity index (χ3n) is 6.11. The Morgan fingerprint density at radius 3 is 2.60 bits per heavy atom. The van der Waals surface area contributed by atoms with Crippen LogP contribution in [0.4, 0.5) is 19.0 Å². The van der Waals surface area contributed by atoms with Crippen LogP contribution in [0.1, 0.15) is 47.8 Å². The molecule has 1 aliphatic rings. The molecule has 1 atom stereocenters. The molecule has 2 N–H and O–H groups in total. The van der Waals surface area contributed by atoms with Crippen LogP contribution in [0.15, 0.2) is 47.1 Å². The van der Waals surface area contributed by atoms with Crippen molar-refractivity contribution in [3.63, 3.8) is 0 Å². The van der Waals surface area contributed by atoms with Crippen LogP contribution in [0.3, 0.4) is 0 Å². The number of carbonyl (C=O) groups is 2. The van der Waals surface area contributed by atoms with Gasteiger partial charge in [-0.2, -0.15) is 0 Å². The number of nitrogens with one attached hydrogen (secondary N) is 2. The number of rotatable bonds is 6. The van der Waals surface area contributed by atoms with Gasteiger partial charge in [-0.25, -0.2) is 18.2 Å². The van der Waals surface area contributed by atoms with Crippen LogP contribution in [-0.2, 0) is 10.2 Å². The maximum absolute atomic E-state index is 13.3. The summed E-state index contributed by atoms with van der Waals surface area (Å²) < 4.78 is 40.3. The lowest BCUT2D eigenvalue weighted by Crippen LogP contribution is -2.44. The van der Waals surface area contributed by atoms with Gasteiger partial charge in [-0.05, 0) is 45.8 Å². The first-order chi connectivity index (χ1) is 16.5. The van der Waals surface area contributed by atoms with E-state index in [9.17, 15) is 22.8 Å². The van der Waals surface area contributed by atoms with E-state index in [2.05, 4.69) is 31.2 Å². The molecule has 0 radical (unpaired) electrons. The first-order valence-electron chi connectivity index (χ1n) is 11.0. The molecule has 0 saturated heterocycles. The highest BCUT2D eigenvalue weighted by Gasteiger charge is 2.39. The summed E-state index contributed by atoms with van der Waals surface area (Å²) in [6.45, 7) is 4.63. The van der Waals surface area contributed by atoms with Gasteiger partial charge in [-0.3, -0.25) is 9.59 Å². The Kier molecular flexibility index (Phi) is 6.77. The number of hydrogen-bond donors (Lipinski definition) is 2. The molecule has 6 nitrogen and oxygen atoms in total. The third-order valence-corrected chi connectivity index (χ3v) is 6.90. The molecule has 0 bridgehead atoms. The van der Waals surface area contributed by atoms with Crippen LogP contribution in [0.2, 0.25) is 0 Å². The molecule has 1 unspecified atom stereocenters. The Hall–Kier alpha value is -3.14. The monoisotopic (exact) mass is 548 g/mol. The zero-order valence-electron chi connectivity index (χ0n) is 19.3. The average Bonchev–Trinajstić information content (AvgIpc) is 3.15. The molecule has 1 aliphatic heterocycles. The highest BCUT2D eigenvalue weighted by atomic mass is 79.9. The van der Waals surface area contributed by atoms with Crippen molar-refractivity contribution in [2.24, 2.45) is 0 Å². The lowest BCUT2D eigenvalue weighted by Gasteiger charge is -2.35. The Morgan fingerprint density at radius 1 is 1.26 bits per heavy atom. The van der Waals surface area contributed by atoms with Gasteiger partial charge in [0, 0.05) is 42.9 Å². The summed E-state index contributed by atoms with van der Waals surface area (Å²) in [6, 6.07) is 8.22. The van der Waals surface area contributed by atoms with Crippen LogP contribution in [0.25, 0.3) is 11.3 Å². The fourth-order valence-electron chi connectivity index (χ4n) is 4.45. The lowest BCUT2D eigenvalue weighted by atomic mass is 9.83. The van der Waals surface area contributed by atoms with E-state index >= 15 is 0 Å². The Morgan fingerprint density at radius 2 is 1.94 bits per heavy atom. The van der Waals surface area contributed by atoms with E-state index in [4.69, 9.17) is 0 Å². The molecule has 3 aromatic rings. The van der Waals surface area contributed by atoms with Crippen molar-refractivity contribution in [3.05, 3.63) is 69.7 Å². The van der Waals surface area contributed by atoms with Crippen LogP contribution in [0.5, 0.6) is 0 Å². The second-order valence-corrected chi connectivity index (χ2v) is 10.1. The Labute approximate surface area is 209 Å². The summed E-state index contributed by atoms with van der Waals surface area (Å²) in [7, 11) is 1.75. The van der Waals surface area contributed by atoms with Crippen molar-refractivity contribution in [1.82, 2.24) is 14.9 Å². The van der Waals surface area contributed by atoms with Gasteiger partial charge in [0.15, 0.2) is 0 Å². The molecule has 1 aromatic carbocycles. The molecule has 3 heterocycles. The van der Waals surface area contributed by atoms with Gasteiger partial charge in [-0.15, -0.1) is 0 Å². The number of pyridine rings is 1. The number of alkyl halides is 2. The van der Waals surface area contributed by atoms with Gasteiger partial charge in [0.05, 0.1) is 21.6 Å². The normalized spacial score (nSPS) is 15.8. The van der Waals surface area contributed by atoms with Gasteiger partial charge in [0.2, 0.25) is 12.3 Å². The van der Waals surface area contributed by atoms with Crippen molar-refractivity contribution in [1.29, 1.82) is 0 Å². The lowest BCUT2D eigenvalue weighted by molar-refractivity contribution is -0.118. The smallest absolute Gasteiger partial charge is 0.256 e. The van der Waals surface area contributed by atoms with Crippen molar-refractivity contribution in [3.8, 4) is 11.3 Å². The maximum Gasteiger partial charge on any atom is 0.256 e. The molecule has 2 aromatic heterocycles. The number of amides is 2. The summed E-state index contributed by atoms with van der Waals surface area (Å²) in [5.41, 5.74) is 2.63. The van der Waals surface area contributed by atoms with Crippen LogP contribution < -0.4 is 5.32 Å². The van der Waals surface area contributed by atoms with Crippen molar-refractivity contribution < 1.29 is 22.8 Å². The largest absolute Gasteiger partial charge is 0.356 e. The van der Waals surface area contributed by atoms with E-state index in [1.54, 1.807) is 24.1 Å². The molecular formula is C25H24BrF3N4O2. The second-order valence-electron chi connectivity index (χ2n) is 9.26. The topological polar surface area (TPSA) is 78.1 Å². The third kappa shape index (κ3) is 4.98. The van der Waals surface area contributed by atoms with Gasteiger partial charge < -0.3 is 15.2 Å². The minimum absolute atomic E-state index is 0.106. The van der Waals surface area contributed by atoms with Gasteiger partial charge in [-0.1, -0.05) is 26.0 Å². The molecule has 0 aliphatic carbocycles. The van der Waals surface area contributed by atoms with Gasteiger partial charge >= 0.3 is 0 Å². The van der Waals surface area contributed by atoms with Crippen LogP contribution >= 0.6 is 15.9 Å². The number of aromatic nitrogens is 2. The number of fused-ring (bicyclic) bond motifs is 1. The molecule has 0 spiro atoms. The summed E-state index contributed by atoms with van der Waals surface area (Å²) in [6.07, 6.45) is -1.96. The molecule has 2 amide bonds. The zero-order valence-corrected chi connectivity index (χ0v) is 20.9. The second kappa shape index (κ2) is 9.49. The van der Waals surface area contributed by atoms with Crippen LogP contribution in [0, 0.1) is 5.82 Å². The van der Waals surface area contributed by atoms with Crippen molar-refractivity contribution in [2.45, 2.75) is 38.0 Å². The molecular weight excluding hydrogens is 525 g/mol. The number of halogens is 4. The summed E-state index contributed by atoms with van der Waals surface area (Å²) in [5.74, 6) is -2.32. The summed E-state index contributed by atoms with van der Waals surface area (Å²) >= 11 is 3.55. The average molecular weight is 549 g/mol. The minimum atomic E-state index is -2.73. The molecule has 0 fully saturated rings. The first kappa shape index (κ1) is 25.0. The molecule has 0 saturated carbocycles. The van der Waals surface area contributed by atoms with Gasteiger partial charge in [0.1, 0.15) is 11.6 Å². The molecule has 4 rings (SSSR count). The van der Waals surface area contributed by atoms with E-state index in [1.807, 2.05) is 13.8 Å². The van der Waals surface area contributed by atoms with E-state index in [1.165, 1.54) is 18.3 Å². The summed E-state index contributed by atoms with van der Waals surface area (Å²) in [4.78, 5) is 34.9. The van der Waals surface area contributed by atoms with Crippen molar-refractivity contribution >= 4 is 33.6 Å². The van der Waals surface area contributed by atoms with E-state index < -0.39 is 30.5 Å². The fraction of sp³-hybridized carbons (Fsp3) is 0.320. The minimum Gasteiger partial charge on any atom is -0.356 e. The number of aromatic amines is 1. The number of anilines is 1.